The van der Waals surface area contributed by atoms with Crippen LogP contribution in [0.15, 0.2) is 12.4 Å². The van der Waals surface area contributed by atoms with Crippen LogP contribution in [0.2, 0.25) is 0 Å². The first-order valence-corrected chi connectivity index (χ1v) is 7.68. The monoisotopic (exact) mass is 273 g/mol. The highest BCUT2D eigenvalue weighted by Gasteiger charge is 2.07. The summed E-state index contributed by atoms with van der Waals surface area (Å²) in [5.41, 5.74) is 0. The van der Waals surface area contributed by atoms with E-state index in [1.807, 2.05) is 13.8 Å². The Morgan fingerprint density at radius 2 is 2.11 bits per heavy atom. The van der Waals surface area contributed by atoms with Crippen molar-refractivity contribution in [1.29, 1.82) is 0 Å². The van der Waals surface area contributed by atoms with Gasteiger partial charge >= 0.3 is 0 Å². The van der Waals surface area contributed by atoms with E-state index in [-0.39, 0.29) is 17.6 Å². The van der Waals surface area contributed by atoms with Crippen molar-refractivity contribution in [2.45, 2.75) is 26.9 Å². The molecular formula is C11H19N3O3S. The topological polar surface area (TPSA) is 81.2 Å². The zero-order valence-corrected chi connectivity index (χ0v) is 11.7. The van der Waals surface area contributed by atoms with Crippen molar-refractivity contribution in [3.8, 4) is 5.88 Å². The third-order valence-corrected chi connectivity index (χ3v) is 3.86. The number of ether oxygens (including phenoxy) is 1. The molecular weight excluding hydrogens is 254 g/mol. The van der Waals surface area contributed by atoms with Crippen LogP contribution in [0, 0.1) is 0 Å². The lowest BCUT2D eigenvalue weighted by molar-refractivity contribution is 0.232. The maximum absolute atomic E-state index is 11.3. The first-order chi connectivity index (χ1) is 8.43. The van der Waals surface area contributed by atoms with Crippen molar-refractivity contribution in [2.24, 2.45) is 0 Å². The number of anilines is 1. The molecule has 0 aliphatic heterocycles. The molecule has 0 aromatic carbocycles. The van der Waals surface area contributed by atoms with Crippen LogP contribution in [0.4, 0.5) is 5.82 Å². The van der Waals surface area contributed by atoms with Gasteiger partial charge in [0.15, 0.2) is 9.84 Å². The summed E-state index contributed by atoms with van der Waals surface area (Å²) in [7, 11) is -2.96. The summed E-state index contributed by atoms with van der Waals surface area (Å²) in [4.78, 5) is 7.96. The Labute approximate surface area is 108 Å². The molecule has 1 rings (SSSR count). The SMILES string of the molecule is CCS(=O)(=O)CCNc1cc(OC(C)C)ncn1. The number of hydrogen-bond acceptors (Lipinski definition) is 6. The summed E-state index contributed by atoms with van der Waals surface area (Å²) in [6.45, 7) is 5.77. The van der Waals surface area contributed by atoms with Crippen molar-refractivity contribution in [1.82, 2.24) is 9.97 Å². The molecule has 0 spiro atoms. The summed E-state index contributed by atoms with van der Waals surface area (Å²) in [6.07, 6.45) is 1.42. The van der Waals surface area contributed by atoms with Crippen molar-refractivity contribution < 1.29 is 13.2 Å². The van der Waals surface area contributed by atoms with Crippen LogP contribution in [0.1, 0.15) is 20.8 Å². The number of rotatable bonds is 7. The van der Waals surface area contributed by atoms with Gasteiger partial charge in [-0.3, -0.25) is 0 Å². The summed E-state index contributed by atoms with van der Waals surface area (Å²) in [5, 5.41) is 2.94. The Morgan fingerprint density at radius 1 is 1.39 bits per heavy atom. The molecule has 0 amide bonds. The molecule has 0 bridgehead atoms. The van der Waals surface area contributed by atoms with Crippen molar-refractivity contribution >= 4 is 15.7 Å². The second kappa shape index (κ2) is 6.53. The average molecular weight is 273 g/mol. The summed E-state index contributed by atoms with van der Waals surface area (Å²) in [5.74, 6) is 1.28. The molecule has 0 saturated carbocycles. The molecule has 102 valence electrons. The van der Waals surface area contributed by atoms with E-state index in [9.17, 15) is 8.42 Å². The molecule has 1 aromatic rings. The molecule has 0 atom stereocenters. The van der Waals surface area contributed by atoms with E-state index in [2.05, 4.69) is 15.3 Å². The molecule has 0 aliphatic carbocycles. The predicted molar refractivity (Wildman–Crippen MR) is 70.6 cm³/mol. The fourth-order valence-electron chi connectivity index (χ4n) is 1.22. The number of nitrogens with one attached hydrogen (secondary N) is 1. The van der Waals surface area contributed by atoms with Gasteiger partial charge in [-0.25, -0.2) is 18.4 Å². The molecule has 0 aliphatic rings. The molecule has 1 aromatic heterocycles. The lowest BCUT2D eigenvalue weighted by Gasteiger charge is -2.10. The van der Waals surface area contributed by atoms with Gasteiger partial charge in [-0.15, -0.1) is 0 Å². The standard InChI is InChI=1S/C11H19N3O3S/c1-4-18(15,16)6-5-12-10-7-11(14-8-13-10)17-9(2)3/h7-9H,4-6H2,1-3H3,(H,12,13,14). The molecule has 1 heterocycles. The van der Waals surface area contributed by atoms with Crippen LogP contribution >= 0.6 is 0 Å². The van der Waals surface area contributed by atoms with Crippen LogP contribution in [-0.2, 0) is 9.84 Å². The smallest absolute Gasteiger partial charge is 0.218 e. The van der Waals surface area contributed by atoms with E-state index >= 15 is 0 Å². The zero-order chi connectivity index (χ0) is 13.6. The Balaban J connectivity index is 2.52. The highest BCUT2D eigenvalue weighted by molar-refractivity contribution is 7.91. The third-order valence-electron chi connectivity index (χ3n) is 2.16. The van der Waals surface area contributed by atoms with Crippen molar-refractivity contribution in [2.75, 3.05) is 23.4 Å². The van der Waals surface area contributed by atoms with Gasteiger partial charge in [0, 0.05) is 18.4 Å². The average Bonchev–Trinajstić information content (AvgIpc) is 2.28. The molecule has 6 nitrogen and oxygen atoms in total. The normalized spacial score (nSPS) is 11.6. The maximum Gasteiger partial charge on any atom is 0.218 e. The molecule has 0 radical (unpaired) electrons. The fourth-order valence-corrected chi connectivity index (χ4v) is 1.92. The highest BCUT2D eigenvalue weighted by Crippen LogP contribution is 2.12. The minimum atomic E-state index is -2.96. The minimum absolute atomic E-state index is 0.0354. The Kier molecular flexibility index (Phi) is 5.33. The van der Waals surface area contributed by atoms with Gasteiger partial charge in [0.1, 0.15) is 12.1 Å². The lowest BCUT2D eigenvalue weighted by atomic mass is 10.5. The van der Waals surface area contributed by atoms with Crippen LogP contribution in [0.5, 0.6) is 5.88 Å². The first kappa shape index (κ1) is 14.7. The van der Waals surface area contributed by atoms with E-state index in [1.54, 1.807) is 13.0 Å². The second-order valence-electron chi connectivity index (χ2n) is 4.07. The molecule has 7 heteroatoms. The van der Waals surface area contributed by atoms with E-state index in [1.165, 1.54) is 6.33 Å². The van der Waals surface area contributed by atoms with Crippen LogP contribution in [0.25, 0.3) is 0 Å². The molecule has 0 unspecified atom stereocenters. The van der Waals surface area contributed by atoms with E-state index < -0.39 is 9.84 Å². The molecule has 0 saturated heterocycles. The van der Waals surface area contributed by atoms with Crippen LogP contribution < -0.4 is 10.1 Å². The van der Waals surface area contributed by atoms with Gasteiger partial charge in [0.2, 0.25) is 5.88 Å². The van der Waals surface area contributed by atoms with Crippen molar-refractivity contribution in [3.63, 3.8) is 0 Å². The summed E-state index contributed by atoms with van der Waals surface area (Å²) < 4.78 is 28.0. The van der Waals surface area contributed by atoms with Gasteiger partial charge in [-0.05, 0) is 13.8 Å². The van der Waals surface area contributed by atoms with Gasteiger partial charge < -0.3 is 10.1 Å². The van der Waals surface area contributed by atoms with E-state index in [0.29, 0.717) is 18.2 Å². The van der Waals surface area contributed by atoms with E-state index in [4.69, 9.17) is 4.74 Å². The molecule has 1 N–H and O–H groups in total. The molecule has 18 heavy (non-hydrogen) atoms. The first-order valence-electron chi connectivity index (χ1n) is 5.86. The van der Waals surface area contributed by atoms with Gasteiger partial charge in [0.25, 0.3) is 0 Å². The maximum atomic E-state index is 11.3. The fraction of sp³-hybridized carbons (Fsp3) is 0.636. The summed E-state index contributed by atoms with van der Waals surface area (Å²) >= 11 is 0. The van der Waals surface area contributed by atoms with Crippen molar-refractivity contribution in [3.05, 3.63) is 12.4 Å². The number of sulfone groups is 1. The van der Waals surface area contributed by atoms with Gasteiger partial charge in [0.05, 0.1) is 11.9 Å². The van der Waals surface area contributed by atoms with Crippen LogP contribution in [-0.4, -0.2) is 42.5 Å². The highest BCUT2D eigenvalue weighted by atomic mass is 32.2. The lowest BCUT2D eigenvalue weighted by Crippen LogP contribution is -2.17. The number of aromatic nitrogens is 2. The Morgan fingerprint density at radius 3 is 2.72 bits per heavy atom. The van der Waals surface area contributed by atoms with Crippen LogP contribution in [0.3, 0.4) is 0 Å². The van der Waals surface area contributed by atoms with Gasteiger partial charge in [-0.2, -0.15) is 0 Å². The number of hydrogen-bond donors (Lipinski definition) is 1. The Bertz CT molecular complexity index is 474. The molecule has 0 fully saturated rings. The predicted octanol–water partition coefficient (Wildman–Crippen LogP) is 1.11. The number of nitrogens with zero attached hydrogens (tertiary/aromatic N) is 2. The Hall–Kier alpha value is -1.37. The third kappa shape index (κ3) is 5.31. The van der Waals surface area contributed by atoms with E-state index in [0.717, 1.165) is 0 Å². The zero-order valence-electron chi connectivity index (χ0n) is 10.9. The second-order valence-corrected chi connectivity index (χ2v) is 6.54. The summed E-state index contributed by atoms with van der Waals surface area (Å²) in [6, 6.07) is 1.65. The minimum Gasteiger partial charge on any atom is -0.475 e. The quantitative estimate of drug-likeness (QED) is 0.801. The largest absolute Gasteiger partial charge is 0.475 e. The van der Waals surface area contributed by atoms with Gasteiger partial charge in [-0.1, -0.05) is 6.92 Å².